The lowest BCUT2D eigenvalue weighted by molar-refractivity contribution is 0.0562. The van der Waals surface area contributed by atoms with E-state index in [1.807, 2.05) is 38.7 Å². The summed E-state index contributed by atoms with van der Waals surface area (Å²) in [6.45, 7) is 8.82. The minimum atomic E-state index is -0.354. The molecule has 2 fully saturated rings. The zero-order chi connectivity index (χ0) is 23.0. The summed E-state index contributed by atoms with van der Waals surface area (Å²) in [4.78, 5) is 37.8. The summed E-state index contributed by atoms with van der Waals surface area (Å²) in [6.07, 6.45) is 4.44. The second-order valence-corrected chi connectivity index (χ2v) is 10.2. The highest BCUT2D eigenvalue weighted by molar-refractivity contribution is 7.17. The molecule has 1 saturated carbocycles. The summed E-state index contributed by atoms with van der Waals surface area (Å²) in [6, 6.07) is 2.32. The molecule has 0 bridgehead atoms. The van der Waals surface area contributed by atoms with Crippen molar-refractivity contribution in [3.63, 3.8) is 0 Å². The van der Waals surface area contributed by atoms with Crippen LogP contribution in [0.3, 0.4) is 0 Å². The Hall–Kier alpha value is -2.52. The third-order valence-corrected chi connectivity index (χ3v) is 7.17. The number of aromatic nitrogens is 2. The van der Waals surface area contributed by atoms with Gasteiger partial charge in [-0.2, -0.15) is 0 Å². The van der Waals surface area contributed by atoms with Gasteiger partial charge in [0.1, 0.15) is 11.5 Å². The number of aryl methyl sites for hydroxylation is 1. The van der Waals surface area contributed by atoms with E-state index < -0.39 is 0 Å². The van der Waals surface area contributed by atoms with E-state index in [1.54, 1.807) is 6.20 Å². The Labute approximate surface area is 192 Å². The van der Waals surface area contributed by atoms with Gasteiger partial charge in [-0.15, -0.1) is 11.3 Å². The number of nitrogens with one attached hydrogen (secondary N) is 2. The van der Waals surface area contributed by atoms with Crippen molar-refractivity contribution >= 4 is 29.0 Å². The third-order valence-electron chi connectivity index (χ3n) is 6.08. The van der Waals surface area contributed by atoms with Gasteiger partial charge in [-0.3, -0.25) is 9.59 Å². The first-order valence-corrected chi connectivity index (χ1v) is 12.1. The Balaban J connectivity index is 1.68. The van der Waals surface area contributed by atoms with Gasteiger partial charge in [0.25, 0.3) is 11.8 Å². The standard InChI is InChI=1S/C23H31N5O3S/c1-12(2)25-18-8-13(3)17(11-24-18)20-19(23(31)28-7-5-6-14(28)4)27-22(32-20)21(30)26-15-9-16(29)10-15/h8,11-12,14-16,29H,5-7,9-10H2,1-4H3,(H,24,25)(H,26,30)/t14-,15-,16-/m0/s1. The topological polar surface area (TPSA) is 107 Å². The fourth-order valence-corrected chi connectivity index (χ4v) is 5.27. The predicted molar refractivity (Wildman–Crippen MR) is 125 cm³/mol. The van der Waals surface area contributed by atoms with Gasteiger partial charge in [-0.05, 0) is 65.0 Å². The number of likely N-dealkylation sites (tertiary alicyclic amines) is 1. The lowest BCUT2D eigenvalue weighted by Crippen LogP contribution is -2.46. The molecule has 1 aliphatic heterocycles. The number of hydrogen-bond acceptors (Lipinski definition) is 7. The number of amides is 2. The molecule has 0 spiro atoms. The van der Waals surface area contributed by atoms with E-state index >= 15 is 0 Å². The maximum Gasteiger partial charge on any atom is 0.280 e. The van der Waals surface area contributed by atoms with E-state index in [1.165, 1.54) is 11.3 Å². The number of hydrogen-bond donors (Lipinski definition) is 3. The molecule has 0 radical (unpaired) electrons. The molecule has 32 heavy (non-hydrogen) atoms. The first kappa shape index (κ1) is 22.7. The number of thiazole rings is 1. The van der Waals surface area contributed by atoms with E-state index in [-0.39, 0.29) is 41.1 Å². The summed E-state index contributed by atoms with van der Waals surface area (Å²) in [5.41, 5.74) is 2.09. The second kappa shape index (κ2) is 9.15. The van der Waals surface area contributed by atoms with Crippen LogP contribution in [0.2, 0.25) is 0 Å². The Morgan fingerprint density at radius 3 is 2.66 bits per heavy atom. The first-order valence-electron chi connectivity index (χ1n) is 11.3. The van der Waals surface area contributed by atoms with Crippen molar-refractivity contribution in [1.29, 1.82) is 0 Å². The smallest absolute Gasteiger partial charge is 0.280 e. The highest BCUT2D eigenvalue weighted by atomic mass is 32.1. The zero-order valence-electron chi connectivity index (χ0n) is 19.0. The minimum Gasteiger partial charge on any atom is -0.393 e. The maximum atomic E-state index is 13.4. The van der Waals surface area contributed by atoms with Crippen molar-refractivity contribution in [2.45, 2.75) is 77.6 Å². The number of pyridine rings is 1. The largest absolute Gasteiger partial charge is 0.393 e. The van der Waals surface area contributed by atoms with Crippen molar-refractivity contribution in [3.8, 4) is 10.4 Å². The monoisotopic (exact) mass is 457 g/mol. The minimum absolute atomic E-state index is 0.0487. The lowest BCUT2D eigenvalue weighted by atomic mass is 9.89. The van der Waals surface area contributed by atoms with Crippen molar-refractivity contribution in [1.82, 2.24) is 20.2 Å². The molecule has 4 rings (SSSR count). The van der Waals surface area contributed by atoms with Crippen molar-refractivity contribution in [2.75, 3.05) is 11.9 Å². The van der Waals surface area contributed by atoms with Gasteiger partial charge in [0.2, 0.25) is 0 Å². The van der Waals surface area contributed by atoms with Crippen LogP contribution in [0, 0.1) is 6.92 Å². The quantitative estimate of drug-likeness (QED) is 0.615. The zero-order valence-corrected chi connectivity index (χ0v) is 19.8. The number of aliphatic hydroxyl groups excluding tert-OH is 1. The van der Waals surface area contributed by atoms with Crippen LogP contribution in [0.4, 0.5) is 5.82 Å². The number of carbonyl (C=O) groups is 2. The predicted octanol–water partition coefficient (Wildman–Crippen LogP) is 3.21. The van der Waals surface area contributed by atoms with Gasteiger partial charge in [0.05, 0.1) is 11.0 Å². The van der Waals surface area contributed by atoms with Crippen LogP contribution >= 0.6 is 11.3 Å². The van der Waals surface area contributed by atoms with Gasteiger partial charge in [0.15, 0.2) is 5.01 Å². The summed E-state index contributed by atoms with van der Waals surface area (Å²) in [5.74, 6) is 0.335. The van der Waals surface area contributed by atoms with Crippen LogP contribution in [-0.4, -0.2) is 62.6 Å². The molecule has 3 N–H and O–H groups in total. The highest BCUT2D eigenvalue weighted by Crippen LogP contribution is 2.35. The van der Waals surface area contributed by atoms with Gasteiger partial charge in [-0.25, -0.2) is 9.97 Å². The molecule has 2 aromatic rings. The van der Waals surface area contributed by atoms with Crippen molar-refractivity contribution < 1.29 is 14.7 Å². The summed E-state index contributed by atoms with van der Waals surface area (Å²) in [5, 5.41) is 16.0. The molecule has 1 aliphatic carbocycles. The van der Waals surface area contributed by atoms with E-state index in [4.69, 9.17) is 0 Å². The molecular weight excluding hydrogens is 426 g/mol. The number of rotatable bonds is 6. The van der Waals surface area contributed by atoms with Gasteiger partial charge in [-0.1, -0.05) is 0 Å². The second-order valence-electron chi connectivity index (χ2n) is 9.17. The van der Waals surface area contributed by atoms with E-state index in [0.29, 0.717) is 30.0 Å². The highest BCUT2D eigenvalue weighted by Gasteiger charge is 2.33. The fraction of sp³-hybridized carbons (Fsp3) is 0.565. The van der Waals surface area contributed by atoms with E-state index in [2.05, 4.69) is 20.6 Å². The van der Waals surface area contributed by atoms with Gasteiger partial charge >= 0.3 is 0 Å². The van der Waals surface area contributed by atoms with Crippen LogP contribution in [0.15, 0.2) is 12.3 Å². The normalized spacial score (nSPS) is 22.7. The molecule has 3 heterocycles. The number of nitrogens with zero attached hydrogens (tertiary/aromatic N) is 3. The molecule has 1 atom stereocenters. The molecule has 2 aliphatic rings. The van der Waals surface area contributed by atoms with Crippen LogP contribution in [0.25, 0.3) is 10.4 Å². The molecule has 2 amide bonds. The van der Waals surface area contributed by atoms with Gasteiger partial charge < -0.3 is 20.6 Å². The SMILES string of the molecule is Cc1cc(NC(C)C)ncc1-c1sc(C(=O)N[C@H]2C[C@H](O)C2)nc1C(=O)N1CCC[C@@H]1C. The van der Waals surface area contributed by atoms with Crippen LogP contribution in [-0.2, 0) is 0 Å². The molecule has 2 aromatic heterocycles. The average Bonchev–Trinajstić information content (AvgIpc) is 3.32. The fourth-order valence-electron chi connectivity index (χ4n) is 4.24. The Morgan fingerprint density at radius 1 is 1.31 bits per heavy atom. The molecule has 172 valence electrons. The first-order chi connectivity index (χ1) is 15.2. The van der Waals surface area contributed by atoms with Crippen LogP contribution in [0.5, 0.6) is 0 Å². The molecule has 0 aromatic carbocycles. The Bertz CT molecular complexity index is 1020. The Kier molecular flexibility index (Phi) is 6.48. The maximum absolute atomic E-state index is 13.4. The summed E-state index contributed by atoms with van der Waals surface area (Å²) >= 11 is 1.23. The summed E-state index contributed by atoms with van der Waals surface area (Å²) in [7, 11) is 0. The van der Waals surface area contributed by atoms with Crippen molar-refractivity contribution in [2.24, 2.45) is 0 Å². The lowest BCUT2D eigenvalue weighted by Gasteiger charge is -2.31. The number of carbonyl (C=O) groups excluding carboxylic acids is 2. The number of anilines is 1. The van der Waals surface area contributed by atoms with E-state index in [9.17, 15) is 14.7 Å². The molecule has 0 unspecified atom stereocenters. The molecular formula is C23H31N5O3S. The molecule has 9 heteroatoms. The number of aliphatic hydroxyl groups is 1. The average molecular weight is 458 g/mol. The molecule has 1 saturated heterocycles. The Morgan fingerprint density at radius 2 is 2.06 bits per heavy atom. The summed E-state index contributed by atoms with van der Waals surface area (Å²) < 4.78 is 0. The van der Waals surface area contributed by atoms with Crippen LogP contribution < -0.4 is 10.6 Å². The van der Waals surface area contributed by atoms with E-state index in [0.717, 1.165) is 29.8 Å². The van der Waals surface area contributed by atoms with Crippen LogP contribution in [0.1, 0.15) is 72.3 Å². The van der Waals surface area contributed by atoms with Crippen molar-refractivity contribution in [3.05, 3.63) is 28.5 Å². The molecule has 8 nitrogen and oxygen atoms in total. The van der Waals surface area contributed by atoms with Gasteiger partial charge in [0, 0.05) is 36.4 Å². The third kappa shape index (κ3) is 4.63.